The van der Waals surface area contributed by atoms with Gasteiger partial charge in [-0.2, -0.15) is 5.26 Å². The lowest BCUT2D eigenvalue weighted by Gasteiger charge is -2.16. The molecule has 96 valence electrons. The van der Waals surface area contributed by atoms with Gasteiger partial charge in [-0.3, -0.25) is 0 Å². The van der Waals surface area contributed by atoms with Crippen LogP contribution in [0, 0.1) is 11.3 Å². The van der Waals surface area contributed by atoms with E-state index in [4.69, 9.17) is 5.26 Å². The summed E-state index contributed by atoms with van der Waals surface area (Å²) in [6, 6.07) is 18.5. The van der Waals surface area contributed by atoms with Gasteiger partial charge in [0.2, 0.25) is 0 Å². The number of nitrogens with one attached hydrogen (secondary N) is 1. The first kappa shape index (κ1) is 13.6. The first-order valence-electron chi connectivity index (χ1n) is 6.18. The van der Waals surface area contributed by atoms with Crippen molar-refractivity contribution in [3.05, 3.63) is 64.1 Å². The van der Waals surface area contributed by atoms with Gasteiger partial charge in [-0.1, -0.05) is 46.3 Å². The summed E-state index contributed by atoms with van der Waals surface area (Å²) in [6.07, 6.45) is 0.954. The quantitative estimate of drug-likeness (QED) is 0.910. The fourth-order valence-electron chi connectivity index (χ4n) is 2.04. The number of benzene rings is 2. The predicted molar refractivity (Wildman–Crippen MR) is 82.1 cm³/mol. The van der Waals surface area contributed by atoms with Crippen molar-refractivity contribution in [3.8, 4) is 6.07 Å². The molecule has 2 rings (SSSR count). The number of hydrogen-bond donors (Lipinski definition) is 1. The Morgan fingerprint density at radius 2 is 1.95 bits per heavy atom. The lowest BCUT2D eigenvalue weighted by Crippen LogP contribution is -2.18. The maximum atomic E-state index is 8.96. The minimum absolute atomic E-state index is 0.309. The van der Waals surface area contributed by atoms with E-state index >= 15 is 0 Å². The molecule has 1 N–H and O–H groups in total. The molecular weight excluding hydrogens is 300 g/mol. The summed E-state index contributed by atoms with van der Waals surface area (Å²) >= 11 is 3.42. The second-order valence-electron chi connectivity index (χ2n) is 4.58. The Morgan fingerprint density at radius 3 is 2.63 bits per heavy atom. The van der Waals surface area contributed by atoms with Gasteiger partial charge >= 0.3 is 0 Å². The lowest BCUT2D eigenvalue weighted by molar-refractivity contribution is 0.790. The molecule has 0 radical (unpaired) electrons. The number of nitriles is 1. The summed E-state index contributed by atoms with van der Waals surface area (Å²) in [6.45, 7) is 2.14. The summed E-state index contributed by atoms with van der Waals surface area (Å²) in [5, 5.41) is 12.4. The Kier molecular flexibility index (Phi) is 4.59. The van der Waals surface area contributed by atoms with E-state index in [0.29, 0.717) is 11.6 Å². The van der Waals surface area contributed by atoms with Crippen molar-refractivity contribution in [1.29, 1.82) is 5.26 Å². The zero-order valence-electron chi connectivity index (χ0n) is 10.7. The molecule has 0 bridgehead atoms. The van der Waals surface area contributed by atoms with Gasteiger partial charge in [0.25, 0.3) is 0 Å². The molecule has 0 saturated heterocycles. The van der Waals surface area contributed by atoms with Gasteiger partial charge in [0.05, 0.1) is 11.6 Å². The lowest BCUT2D eigenvalue weighted by atomic mass is 10.1. The third-order valence-corrected chi connectivity index (χ3v) is 3.28. The normalized spacial score (nSPS) is 11.6. The van der Waals surface area contributed by atoms with Crippen LogP contribution in [0.1, 0.15) is 18.1 Å². The first-order chi connectivity index (χ1) is 9.17. The van der Waals surface area contributed by atoms with Crippen LogP contribution >= 0.6 is 15.9 Å². The van der Waals surface area contributed by atoms with E-state index in [0.717, 1.165) is 16.6 Å². The Hall–Kier alpha value is -1.79. The van der Waals surface area contributed by atoms with Crippen molar-refractivity contribution in [2.24, 2.45) is 0 Å². The molecule has 0 heterocycles. The van der Waals surface area contributed by atoms with Crippen molar-refractivity contribution in [3.63, 3.8) is 0 Å². The van der Waals surface area contributed by atoms with Gasteiger partial charge in [-0.05, 0) is 37.1 Å². The van der Waals surface area contributed by atoms with Gasteiger partial charge in [-0.25, -0.2) is 0 Å². The average molecular weight is 315 g/mol. The molecule has 0 aromatic heterocycles. The van der Waals surface area contributed by atoms with E-state index in [1.165, 1.54) is 5.56 Å². The van der Waals surface area contributed by atoms with E-state index in [9.17, 15) is 0 Å². The molecule has 1 atom stereocenters. The molecular formula is C16H15BrN2. The highest BCUT2D eigenvalue weighted by molar-refractivity contribution is 9.10. The maximum Gasteiger partial charge on any atom is 0.0992 e. The van der Waals surface area contributed by atoms with Crippen LogP contribution in [0.2, 0.25) is 0 Å². The SMILES string of the molecule is CC(Cc1ccccc1)Nc1cc(Br)cc(C#N)c1. The van der Waals surface area contributed by atoms with Crippen molar-refractivity contribution >= 4 is 21.6 Å². The van der Waals surface area contributed by atoms with E-state index in [2.05, 4.69) is 58.5 Å². The molecule has 0 spiro atoms. The van der Waals surface area contributed by atoms with Crippen molar-refractivity contribution in [2.75, 3.05) is 5.32 Å². The smallest absolute Gasteiger partial charge is 0.0992 e. The molecule has 0 saturated carbocycles. The summed E-state index contributed by atoms with van der Waals surface area (Å²) < 4.78 is 0.918. The summed E-state index contributed by atoms with van der Waals surface area (Å²) in [5.41, 5.74) is 2.93. The fraction of sp³-hybridized carbons (Fsp3) is 0.188. The molecule has 19 heavy (non-hydrogen) atoms. The van der Waals surface area contributed by atoms with Crippen LogP contribution in [0.5, 0.6) is 0 Å². The molecule has 2 aromatic rings. The fourth-order valence-corrected chi connectivity index (χ4v) is 2.53. The van der Waals surface area contributed by atoms with Crippen LogP contribution in [-0.2, 0) is 6.42 Å². The van der Waals surface area contributed by atoms with Crippen LogP contribution in [0.4, 0.5) is 5.69 Å². The molecule has 0 aliphatic carbocycles. The average Bonchev–Trinajstić information content (AvgIpc) is 2.38. The first-order valence-corrected chi connectivity index (χ1v) is 6.98. The van der Waals surface area contributed by atoms with E-state index in [-0.39, 0.29) is 0 Å². The predicted octanol–water partition coefficient (Wildman–Crippen LogP) is 4.36. The van der Waals surface area contributed by atoms with Crippen molar-refractivity contribution in [2.45, 2.75) is 19.4 Å². The number of rotatable bonds is 4. The Bertz CT molecular complexity index is 587. The minimum Gasteiger partial charge on any atom is -0.382 e. The van der Waals surface area contributed by atoms with Gasteiger partial charge in [-0.15, -0.1) is 0 Å². The number of nitrogens with zero attached hydrogens (tertiary/aromatic N) is 1. The maximum absolute atomic E-state index is 8.96. The highest BCUT2D eigenvalue weighted by Crippen LogP contribution is 2.20. The molecule has 2 aromatic carbocycles. The largest absolute Gasteiger partial charge is 0.382 e. The molecule has 3 heteroatoms. The minimum atomic E-state index is 0.309. The van der Waals surface area contributed by atoms with Crippen LogP contribution in [0.15, 0.2) is 53.0 Å². The molecule has 0 fully saturated rings. The van der Waals surface area contributed by atoms with Crippen molar-refractivity contribution < 1.29 is 0 Å². The monoisotopic (exact) mass is 314 g/mol. The Morgan fingerprint density at radius 1 is 1.21 bits per heavy atom. The Labute approximate surface area is 122 Å². The highest BCUT2D eigenvalue weighted by Gasteiger charge is 2.05. The third kappa shape index (κ3) is 4.11. The third-order valence-electron chi connectivity index (χ3n) is 2.82. The van der Waals surface area contributed by atoms with Crippen LogP contribution < -0.4 is 5.32 Å². The van der Waals surface area contributed by atoms with Gasteiger partial charge in [0.1, 0.15) is 0 Å². The zero-order valence-corrected chi connectivity index (χ0v) is 12.3. The van der Waals surface area contributed by atoms with Crippen LogP contribution in [0.25, 0.3) is 0 Å². The Balaban J connectivity index is 2.05. The number of halogens is 1. The van der Waals surface area contributed by atoms with Crippen LogP contribution in [0.3, 0.4) is 0 Å². The van der Waals surface area contributed by atoms with Crippen LogP contribution in [-0.4, -0.2) is 6.04 Å². The van der Waals surface area contributed by atoms with Gasteiger partial charge < -0.3 is 5.32 Å². The second-order valence-corrected chi connectivity index (χ2v) is 5.49. The topological polar surface area (TPSA) is 35.8 Å². The molecule has 2 nitrogen and oxygen atoms in total. The number of anilines is 1. The second kappa shape index (κ2) is 6.40. The van der Waals surface area contributed by atoms with E-state index < -0.39 is 0 Å². The zero-order chi connectivity index (χ0) is 13.7. The van der Waals surface area contributed by atoms with E-state index in [1.807, 2.05) is 24.3 Å². The summed E-state index contributed by atoms with van der Waals surface area (Å²) in [7, 11) is 0. The molecule has 0 aliphatic rings. The van der Waals surface area contributed by atoms with Gasteiger partial charge in [0.15, 0.2) is 0 Å². The number of hydrogen-bond acceptors (Lipinski definition) is 2. The molecule has 0 aliphatic heterocycles. The summed E-state index contributed by atoms with van der Waals surface area (Å²) in [4.78, 5) is 0. The molecule has 1 unspecified atom stereocenters. The van der Waals surface area contributed by atoms with Gasteiger partial charge in [0, 0.05) is 16.2 Å². The van der Waals surface area contributed by atoms with Crippen molar-refractivity contribution in [1.82, 2.24) is 0 Å². The molecule has 0 amide bonds. The standard InChI is InChI=1S/C16H15BrN2/c1-12(7-13-5-3-2-4-6-13)19-16-9-14(11-18)8-15(17)10-16/h2-6,8-10,12,19H,7H2,1H3. The van der Waals surface area contributed by atoms with E-state index in [1.54, 1.807) is 0 Å². The summed E-state index contributed by atoms with van der Waals surface area (Å²) in [5.74, 6) is 0. The highest BCUT2D eigenvalue weighted by atomic mass is 79.9.